The third-order valence-electron chi connectivity index (χ3n) is 4.13. The highest BCUT2D eigenvalue weighted by Crippen LogP contribution is 2.64. The van der Waals surface area contributed by atoms with Crippen molar-refractivity contribution in [3.05, 3.63) is 0 Å². The molecule has 0 aromatic heterocycles. The zero-order valence-electron chi connectivity index (χ0n) is 11.7. The minimum absolute atomic E-state index is 0.109. The van der Waals surface area contributed by atoms with Gasteiger partial charge in [-0.2, -0.15) is 0 Å². The van der Waals surface area contributed by atoms with E-state index in [0.717, 1.165) is 0 Å². The second-order valence-electron chi connectivity index (χ2n) is 6.93. The highest BCUT2D eigenvalue weighted by Gasteiger charge is 2.69. The number of nitrogens with two attached hydrogens (primary N) is 1. The smallest absolute Gasteiger partial charge is 0.410 e. The summed E-state index contributed by atoms with van der Waals surface area (Å²) in [5.41, 5.74) is 4.99. The van der Waals surface area contributed by atoms with Gasteiger partial charge in [0.15, 0.2) is 0 Å². The van der Waals surface area contributed by atoms with Gasteiger partial charge in [0.2, 0.25) is 5.91 Å². The molecule has 0 aromatic rings. The van der Waals surface area contributed by atoms with Crippen LogP contribution in [0.25, 0.3) is 0 Å². The van der Waals surface area contributed by atoms with Crippen molar-refractivity contribution in [1.82, 2.24) is 4.90 Å². The van der Waals surface area contributed by atoms with Gasteiger partial charge in [0, 0.05) is 6.54 Å². The third-order valence-corrected chi connectivity index (χ3v) is 4.13. The van der Waals surface area contributed by atoms with E-state index in [1.165, 1.54) is 4.90 Å². The summed E-state index contributed by atoms with van der Waals surface area (Å²) in [5, 5.41) is 0. The maximum absolute atomic E-state index is 12.0. The van der Waals surface area contributed by atoms with Crippen molar-refractivity contribution in [3.8, 4) is 0 Å². The number of amides is 2. The van der Waals surface area contributed by atoms with Gasteiger partial charge in [-0.3, -0.25) is 9.69 Å². The van der Waals surface area contributed by atoms with E-state index in [1.807, 2.05) is 20.8 Å². The van der Waals surface area contributed by atoms with Crippen LogP contribution in [0.15, 0.2) is 0 Å². The average molecular weight is 254 g/mol. The summed E-state index contributed by atoms with van der Waals surface area (Å²) >= 11 is 0. The number of hydrogen-bond donors (Lipinski definition) is 1. The Morgan fingerprint density at radius 2 is 1.89 bits per heavy atom. The Balaban J connectivity index is 2.12. The van der Waals surface area contributed by atoms with E-state index < -0.39 is 23.6 Å². The Hall–Kier alpha value is -1.26. The summed E-state index contributed by atoms with van der Waals surface area (Å²) in [6.07, 6.45) is -0.436. The maximum atomic E-state index is 12.0. The molecule has 18 heavy (non-hydrogen) atoms. The molecule has 102 valence electrons. The van der Waals surface area contributed by atoms with Crippen LogP contribution in [0, 0.1) is 17.3 Å². The lowest BCUT2D eigenvalue weighted by molar-refractivity contribution is -0.123. The van der Waals surface area contributed by atoms with Crippen LogP contribution in [0.2, 0.25) is 0 Å². The molecular formula is C13H22N2O3. The van der Waals surface area contributed by atoms with Crippen molar-refractivity contribution in [1.29, 1.82) is 0 Å². The summed E-state index contributed by atoms with van der Waals surface area (Å²) in [4.78, 5) is 25.1. The van der Waals surface area contributed by atoms with Gasteiger partial charge >= 0.3 is 6.09 Å². The largest absolute Gasteiger partial charge is 0.444 e. The van der Waals surface area contributed by atoms with Crippen LogP contribution in [0.1, 0.15) is 34.6 Å². The zero-order valence-corrected chi connectivity index (χ0v) is 11.7. The third kappa shape index (κ3) is 1.95. The van der Waals surface area contributed by atoms with Gasteiger partial charge in [-0.25, -0.2) is 4.79 Å². The molecule has 1 aliphatic heterocycles. The standard InChI is InChI=1S/C13H22N2O3/c1-12(2,3)18-11(17)15-6-7-8(13(7,4)5)9(15)10(14)16/h7-9H,6H2,1-5H3,(H2,14,16)/t7-,8-,9-/m0/s1. The SMILES string of the molecule is CC(C)(C)OC(=O)N1C[C@H]2[C@@H]([C@H]1C(N)=O)C2(C)C. The topological polar surface area (TPSA) is 72.6 Å². The van der Waals surface area contributed by atoms with E-state index in [4.69, 9.17) is 10.5 Å². The molecule has 0 aromatic carbocycles. The molecular weight excluding hydrogens is 232 g/mol. The number of ether oxygens (including phenoxy) is 1. The van der Waals surface area contributed by atoms with Crippen molar-refractivity contribution >= 4 is 12.0 Å². The van der Waals surface area contributed by atoms with Crippen LogP contribution in [0.5, 0.6) is 0 Å². The molecule has 1 saturated heterocycles. The fourth-order valence-electron chi connectivity index (χ4n) is 3.12. The van der Waals surface area contributed by atoms with E-state index in [1.54, 1.807) is 0 Å². The minimum Gasteiger partial charge on any atom is -0.444 e. The van der Waals surface area contributed by atoms with Crippen LogP contribution in [0.3, 0.4) is 0 Å². The van der Waals surface area contributed by atoms with Crippen molar-refractivity contribution in [2.24, 2.45) is 23.0 Å². The Kier molecular flexibility index (Phi) is 2.65. The van der Waals surface area contributed by atoms with Crippen LogP contribution in [-0.2, 0) is 9.53 Å². The van der Waals surface area contributed by atoms with E-state index >= 15 is 0 Å². The Bertz CT molecular complexity index is 398. The summed E-state index contributed by atoms with van der Waals surface area (Å²) in [5.74, 6) is 0.115. The first-order valence-electron chi connectivity index (χ1n) is 6.34. The van der Waals surface area contributed by atoms with Gasteiger partial charge < -0.3 is 10.5 Å². The van der Waals surface area contributed by atoms with Gasteiger partial charge in [0.25, 0.3) is 0 Å². The summed E-state index contributed by atoms with van der Waals surface area (Å²) in [7, 11) is 0. The minimum atomic E-state index is -0.554. The monoisotopic (exact) mass is 254 g/mol. The highest BCUT2D eigenvalue weighted by atomic mass is 16.6. The molecule has 0 bridgehead atoms. The number of carbonyl (C=O) groups is 2. The van der Waals surface area contributed by atoms with E-state index in [2.05, 4.69) is 13.8 Å². The molecule has 2 N–H and O–H groups in total. The predicted octanol–water partition coefficient (Wildman–Crippen LogP) is 1.36. The van der Waals surface area contributed by atoms with Crippen molar-refractivity contribution in [2.75, 3.05) is 6.54 Å². The molecule has 1 aliphatic carbocycles. The molecule has 5 nitrogen and oxygen atoms in total. The molecule has 2 rings (SSSR count). The molecule has 2 fully saturated rings. The molecule has 2 amide bonds. The molecule has 0 radical (unpaired) electrons. The number of rotatable bonds is 1. The number of piperidine rings is 1. The van der Waals surface area contributed by atoms with Crippen molar-refractivity contribution in [3.63, 3.8) is 0 Å². The number of nitrogens with zero attached hydrogens (tertiary/aromatic N) is 1. The first kappa shape index (κ1) is 13.2. The van der Waals surface area contributed by atoms with Crippen LogP contribution in [0.4, 0.5) is 4.79 Å². The van der Waals surface area contributed by atoms with Crippen LogP contribution in [-0.4, -0.2) is 35.1 Å². The Labute approximate surface area is 108 Å². The second kappa shape index (κ2) is 3.62. The fraction of sp³-hybridized carbons (Fsp3) is 0.846. The lowest BCUT2D eigenvalue weighted by Gasteiger charge is -2.31. The molecule has 5 heteroatoms. The maximum Gasteiger partial charge on any atom is 0.410 e. The lowest BCUT2D eigenvalue weighted by Crippen LogP contribution is -2.49. The summed E-state index contributed by atoms with van der Waals surface area (Å²) < 4.78 is 5.32. The van der Waals surface area contributed by atoms with Crippen LogP contribution >= 0.6 is 0 Å². The van der Waals surface area contributed by atoms with E-state index in [0.29, 0.717) is 12.5 Å². The van der Waals surface area contributed by atoms with E-state index in [9.17, 15) is 9.59 Å². The van der Waals surface area contributed by atoms with Gasteiger partial charge in [0.05, 0.1) is 0 Å². The van der Waals surface area contributed by atoms with Crippen molar-refractivity contribution < 1.29 is 14.3 Å². The number of primary amides is 1. The van der Waals surface area contributed by atoms with Gasteiger partial charge in [-0.15, -0.1) is 0 Å². The molecule has 0 unspecified atom stereocenters. The normalized spacial score (nSPS) is 32.9. The zero-order chi connectivity index (χ0) is 13.9. The fourth-order valence-corrected chi connectivity index (χ4v) is 3.12. The molecule has 1 saturated carbocycles. The second-order valence-corrected chi connectivity index (χ2v) is 6.93. The van der Waals surface area contributed by atoms with Crippen LogP contribution < -0.4 is 5.73 Å². The number of carbonyl (C=O) groups excluding carboxylic acids is 2. The summed E-state index contributed by atoms with van der Waals surface area (Å²) in [6.45, 7) is 10.2. The van der Waals surface area contributed by atoms with Crippen molar-refractivity contribution in [2.45, 2.75) is 46.3 Å². The molecule has 0 spiro atoms. The first-order chi connectivity index (χ1) is 8.05. The quantitative estimate of drug-likeness (QED) is 0.768. The highest BCUT2D eigenvalue weighted by molar-refractivity contribution is 5.86. The number of likely N-dealkylation sites (tertiary alicyclic amines) is 1. The van der Waals surface area contributed by atoms with Gasteiger partial charge in [0.1, 0.15) is 11.6 Å². The molecule has 3 atom stereocenters. The van der Waals surface area contributed by atoms with Gasteiger partial charge in [-0.05, 0) is 38.0 Å². The van der Waals surface area contributed by atoms with Gasteiger partial charge in [-0.1, -0.05) is 13.8 Å². The molecule has 2 aliphatic rings. The Morgan fingerprint density at radius 3 is 2.33 bits per heavy atom. The first-order valence-corrected chi connectivity index (χ1v) is 6.34. The predicted molar refractivity (Wildman–Crippen MR) is 66.7 cm³/mol. The van der Waals surface area contributed by atoms with E-state index in [-0.39, 0.29) is 11.3 Å². The number of fused-ring (bicyclic) bond motifs is 1. The number of hydrogen-bond acceptors (Lipinski definition) is 3. The lowest BCUT2D eigenvalue weighted by atomic mass is 10.0. The Morgan fingerprint density at radius 1 is 1.33 bits per heavy atom. The average Bonchev–Trinajstić information content (AvgIpc) is 2.59. The molecule has 1 heterocycles. The summed E-state index contributed by atoms with van der Waals surface area (Å²) in [6, 6.07) is -0.514.